The summed E-state index contributed by atoms with van der Waals surface area (Å²) >= 11 is 5.88. The lowest BCUT2D eigenvalue weighted by Gasteiger charge is -2.32. The zero-order valence-electron chi connectivity index (χ0n) is 15.6. The Morgan fingerprint density at radius 1 is 1.28 bits per heavy atom. The minimum atomic E-state index is -0.553. The second kappa shape index (κ2) is 7.71. The molecule has 4 rings (SSSR count). The van der Waals surface area contributed by atoms with E-state index in [9.17, 15) is 14.4 Å². The molecular formula is C20H19ClN4O4. The van der Waals surface area contributed by atoms with E-state index in [-0.39, 0.29) is 35.2 Å². The van der Waals surface area contributed by atoms with Gasteiger partial charge < -0.3 is 20.3 Å². The Morgan fingerprint density at radius 2 is 2.03 bits per heavy atom. The first kappa shape index (κ1) is 19.2. The zero-order chi connectivity index (χ0) is 20.5. The highest BCUT2D eigenvalue weighted by Crippen LogP contribution is 2.26. The third-order valence-corrected chi connectivity index (χ3v) is 5.25. The van der Waals surface area contributed by atoms with Gasteiger partial charge in [0, 0.05) is 23.8 Å². The molecule has 2 aromatic rings. The maximum absolute atomic E-state index is 12.8. The summed E-state index contributed by atoms with van der Waals surface area (Å²) in [6.07, 6.45) is 1.89. The Balaban J connectivity index is 1.47. The van der Waals surface area contributed by atoms with Crippen molar-refractivity contribution in [1.29, 1.82) is 0 Å². The topological polar surface area (TPSA) is 101 Å². The number of fused-ring (bicyclic) bond motifs is 1. The van der Waals surface area contributed by atoms with E-state index in [1.54, 1.807) is 43.3 Å². The number of piperazine rings is 1. The standard InChI is InChI=1S/C20H19ClN4O4/c1-11-20(28)25-10-13(9-16(25)18(27)23-11)24-17(26)15-3-2-8-22-19(15)29-14-6-4-12(21)5-7-14/h2-8,11,13,16H,9-10H2,1H3,(H,23,27)(H,24,26)/t11-,13+,16+/m1/s1. The molecule has 3 atom stereocenters. The Bertz CT molecular complexity index is 965. The zero-order valence-corrected chi connectivity index (χ0v) is 16.3. The van der Waals surface area contributed by atoms with Crippen LogP contribution in [0.1, 0.15) is 23.7 Å². The van der Waals surface area contributed by atoms with Crippen LogP contribution in [0.4, 0.5) is 0 Å². The molecule has 1 aromatic heterocycles. The van der Waals surface area contributed by atoms with Gasteiger partial charge in [-0.15, -0.1) is 0 Å². The van der Waals surface area contributed by atoms with Crippen LogP contribution in [0.15, 0.2) is 42.6 Å². The lowest BCUT2D eigenvalue weighted by Crippen LogP contribution is -2.60. The monoisotopic (exact) mass is 414 g/mol. The van der Waals surface area contributed by atoms with Crippen molar-refractivity contribution in [3.05, 3.63) is 53.2 Å². The van der Waals surface area contributed by atoms with Gasteiger partial charge in [0.15, 0.2) is 0 Å². The fourth-order valence-corrected chi connectivity index (χ4v) is 3.70. The van der Waals surface area contributed by atoms with Crippen LogP contribution >= 0.6 is 11.6 Å². The van der Waals surface area contributed by atoms with Crippen molar-refractivity contribution in [3.63, 3.8) is 0 Å². The number of pyridine rings is 1. The van der Waals surface area contributed by atoms with Gasteiger partial charge in [-0.1, -0.05) is 11.6 Å². The third kappa shape index (κ3) is 3.88. The maximum Gasteiger partial charge on any atom is 0.257 e. The van der Waals surface area contributed by atoms with Gasteiger partial charge in [-0.2, -0.15) is 0 Å². The van der Waals surface area contributed by atoms with Crippen LogP contribution in [0.3, 0.4) is 0 Å². The fraction of sp³-hybridized carbons (Fsp3) is 0.300. The number of carbonyl (C=O) groups is 3. The first-order valence-corrected chi connectivity index (χ1v) is 9.60. The largest absolute Gasteiger partial charge is 0.438 e. The molecule has 8 nitrogen and oxygen atoms in total. The molecule has 0 bridgehead atoms. The summed E-state index contributed by atoms with van der Waals surface area (Å²) in [6.45, 7) is 1.94. The lowest BCUT2D eigenvalue weighted by molar-refractivity contribution is -0.146. The number of benzene rings is 1. The average Bonchev–Trinajstić information content (AvgIpc) is 3.13. The lowest BCUT2D eigenvalue weighted by atomic mass is 10.1. The van der Waals surface area contributed by atoms with E-state index in [0.29, 0.717) is 23.7 Å². The Hall–Kier alpha value is -3.13. The van der Waals surface area contributed by atoms with Crippen molar-refractivity contribution in [2.45, 2.75) is 31.5 Å². The summed E-state index contributed by atoms with van der Waals surface area (Å²) in [5.41, 5.74) is 0.261. The number of rotatable bonds is 4. The van der Waals surface area contributed by atoms with Crippen LogP contribution in [0.25, 0.3) is 0 Å². The normalized spacial score (nSPS) is 23.4. The molecule has 0 aliphatic carbocycles. The van der Waals surface area contributed by atoms with E-state index in [1.165, 1.54) is 11.1 Å². The van der Waals surface area contributed by atoms with Gasteiger partial charge in [-0.05, 0) is 49.7 Å². The van der Waals surface area contributed by atoms with Gasteiger partial charge in [0.25, 0.3) is 5.91 Å². The van der Waals surface area contributed by atoms with Gasteiger partial charge >= 0.3 is 0 Å². The number of aromatic nitrogens is 1. The van der Waals surface area contributed by atoms with Crippen LogP contribution in [0.5, 0.6) is 11.6 Å². The van der Waals surface area contributed by atoms with Crippen LogP contribution in [-0.4, -0.2) is 52.3 Å². The smallest absolute Gasteiger partial charge is 0.257 e. The molecule has 2 fully saturated rings. The number of hydrogen-bond donors (Lipinski definition) is 2. The van der Waals surface area contributed by atoms with Crippen molar-refractivity contribution in [1.82, 2.24) is 20.5 Å². The van der Waals surface area contributed by atoms with E-state index >= 15 is 0 Å². The van der Waals surface area contributed by atoms with E-state index in [1.807, 2.05) is 0 Å². The van der Waals surface area contributed by atoms with E-state index in [4.69, 9.17) is 16.3 Å². The molecule has 0 spiro atoms. The summed E-state index contributed by atoms with van der Waals surface area (Å²) in [4.78, 5) is 43.0. The Labute approximate surface area is 172 Å². The molecule has 29 heavy (non-hydrogen) atoms. The molecule has 0 saturated carbocycles. The summed E-state index contributed by atoms with van der Waals surface area (Å²) in [7, 11) is 0. The van der Waals surface area contributed by atoms with E-state index in [2.05, 4.69) is 15.6 Å². The van der Waals surface area contributed by atoms with Gasteiger partial charge in [0.2, 0.25) is 17.7 Å². The van der Waals surface area contributed by atoms with Crippen LogP contribution in [0.2, 0.25) is 5.02 Å². The molecule has 1 aromatic carbocycles. The molecule has 2 N–H and O–H groups in total. The molecule has 3 heterocycles. The molecule has 2 saturated heterocycles. The van der Waals surface area contributed by atoms with Gasteiger partial charge in [0.1, 0.15) is 23.4 Å². The summed E-state index contributed by atoms with van der Waals surface area (Å²) in [6, 6.07) is 8.52. The minimum absolute atomic E-state index is 0.139. The number of ether oxygens (including phenoxy) is 1. The molecule has 9 heteroatoms. The first-order valence-electron chi connectivity index (χ1n) is 9.22. The summed E-state index contributed by atoms with van der Waals surface area (Å²) in [5.74, 6) is -0.0591. The third-order valence-electron chi connectivity index (χ3n) is 5.00. The number of nitrogens with zero attached hydrogens (tertiary/aromatic N) is 2. The van der Waals surface area contributed by atoms with Crippen molar-refractivity contribution in [2.75, 3.05) is 6.54 Å². The van der Waals surface area contributed by atoms with Gasteiger partial charge in [-0.3, -0.25) is 14.4 Å². The molecule has 0 radical (unpaired) electrons. The number of nitrogens with one attached hydrogen (secondary N) is 2. The van der Waals surface area contributed by atoms with Crippen molar-refractivity contribution < 1.29 is 19.1 Å². The molecule has 2 aliphatic rings. The second-order valence-corrected chi connectivity index (χ2v) is 7.49. The van der Waals surface area contributed by atoms with Crippen molar-refractivity contribution in [3.8, 4) is 11.6 Å². The highest BCUT2D eigenvalue weighted by Gasteiger charge is 2.45. The molecule has 3 amide bonds. The molecule has 0 unspecified atom stereocenters. The second-order valence-electron chi connectivity index (χ2n) is 7.05. The minimum Gasteiger partial charge on any atom is -0.438 e. The van der Waals surface area contributed by atoms with Crippen LogP contribution in [-0.2, 0) is 9.59 Å². The van der Waals surface area contributed by atoms with Crippen LogP contribution < -0.4 is 15.4 Å². The Kier molecular flexibility index (Phi) is 5.10. The molecule has 150 valence electrons. The first-order chi connectivity index (χ1) is 13.9. The maximum atomic E-state index is 12.8. The van der Waals surface area contributed by atoms with Crippen molar-refractivity contribution >= 4 is 29.3 Å². The van der Waals surface area contributed by atoms with Gasteiger partial charge in [0.05, 0.1) is 0 Å². The SMILES string of the molecule is C[C@H]1NC(=O)[C@@H]2C[C@H](NC(=O)c3cccnc3Oc3ccc(Cl)cc3)CN2C1=O. The molecule has 2 aliphatic heterocycles. The predicted molar refractivity (Wildman–Crippen MR) is 105 cm³/mol. The molecular weight excluding hydrogens is 396 g/mol. The number of amides is 3. The van der Waals surface area contributed by atoms with Crippen molar-refractivity contribution in [2.24, 2.45) is 0 Å². The number of hydrogen-bond acceptors (Lipinski definition) is 5. The number of halogens is 1. The predicted octanol–water partition coefficient (Wildman–Crippen LogP) is 1.74. The summed E-state index contributed by atoms with van der Waals surface area (Å²) < 4.78 is 5.73. The van der Waals surface area contributed by atoms with Gasteiger partial charge in [-0.25, -0.2) is 4.98 Å². The number of carbonyl (C=O) groups excluding carboxylic acids is 3. The van der Waals surface area contributed by atoms with E-state index < -0.39 is 12.1 Å². The van der Waals surface area contributed by atoms with Crippen LogP contribution in [0, 0.1) is 0 Å². The fourth-order valence-electron chi connectivity index (χ4n) is 3.58. The van der Waals surface area contributed by atoms with E-state index in [0.717, 1.165) is 0 Å². The highest BCUT2D eigenvalue weighted by atomic mass is 35.5. The Morgan fingerprint density at radius 3 is 2.79 bits per heavy atom. The summed E-state index contributed by atoms with van der Waals surface area (Å²) in [5, 5.41) is 6.12. The highest BCUT2D eigenvalue weighted by molar-refractivity contribution is 6.30. The average molecular weight is 415 g/mol. The quantitative estimate of drug-likeness (QED) is 0.793.